The zero-order chi connectivity index (χ0) is 20.6. The summed E-state index contributed by atoms with van der Waals surface area (Å²) in [6.07, 6.45) is 0. The van der Waals surface area contributed by atoms with Crippen molar-refractivity contribution in [3.8, 4) is 5.75 Å². The molecule has 3 aromatic rings. The van der Waals surface area contributed by atoms with Gasteiger partial charge in [0.2, 0.25) is 10.0 Å². The molecule has 0 aromatic heterocycles. The van der Waals surface area contributed by atoms with Crippen LogP contribution in [0.4, 0.5) is 5.69 Å². The number of hydrogen-bond donors (Lipinski definition) is 0. The van der Waals surface area contributed by atoms with Crippen molar-refractivity contribution in [1.29, 1.82) is 0 Å². The first kappa shape index (κ1) is 19.3. The number of hydrogen-bond acceptors (Lipinski definition) is 6. The molecule has 0 amide bonds. The molecule has 150 valence electrons. The molecule has 0 unspecified atom stereocenters. The Morgan fingerprint density at radius 3 is 2.62 bits per heavy atom. The van der Waals surface area contributed by atoms with Crippen molar-refractivity contribution in [1.82, 2.24) is 4.31 Å². The van der Waals surface area contributed by atoms with Crippen LogP contribution in [0.2, 0.25) is 0 Å². The van der Waals surface area contributed by atoms with E-state index >= 15 is 0 Å². The highest BCUT2D eigenvalue weighted by molar-refractivity contribution is 7.89. The maximum atomic E-state index is 13.1. The van der Waals surface area contributed by atoms with Crippen LogP contribution in [0.3, 0.4) is 0 Å². The Balaban J connectivity index is 1.70. The van der Waals surface area contributed by atoms with Gasteiger partial charge in [0.25, 0.3) is 5.69 Å². The lowest BCUT2D eigenvalue weighted by molar-refractivity contribution is -0.385. The third-order valence-corrected chi connectivity index (χ3v) is 6.60. The molecular formula is C20H18N2O6S. The van der Waals surface area contributed by atoms with Crippen LogP contribution in [0, 0.1) is 10.1 Å². The molecule has 4 rings (SSSR count). The number of nitro benzene ring substituents is 1. The normalized spacial score (nSPS) is 13.9. The summed E-state index contributed by atoms with van der Waals surface area (Å²) < 4.78 is 38.0. The van der Waals surface area contributed by atoms with E-state index in [1.54, 1.807) is 18.2 Å². The number of sulfonamides is 1. The topological polar surface area (TPSA) is 99.0 Å². The van der Waals surface area contributed by atoms with Gasteiger partial charge in [0.05, 0.1) is 16.4 Å². The van der Waals surface area contributed by atoms with Gasteiger partial charge in [-0.25, -0.2) is 8.42 Å². The minimum Gasteiger partial charge on any atom is -0.467 e. The zero-order valence-electron chi connectivity index (χ0n) is 15.6. The Bertz CT molecular complexity index is 1210. The number of benzene rings is 3. The van der Waals surface area contributed by atoms with Gasteiger partial charge in [-0.15, -0.1) is 0 Å². The van der Waals surface area contributed by atoms with Crippen molar-refractivity contribution >= 4 is 26.5 Å². The number of rotatable bonds is 5. The first-order valence-electron chi connectivity index (χ1n) is 8.82. The van der Waals surface area contributed by atoms with Crippen LogP contribution in [0.15, 0.2) is 59.5 Å². The van der Waals surface area contributed by atoms with Crippen molar-refractivity contribution in [3.05, 3.63) is 75.8 Å². The second-order valence-electron chi connectivity index (χ2n) is 6.73. The van der Waals surface area contributed by atoms with Crippen LogP contribution >= 0.6 is 0 Å². The predicted molar refractivity (Wildman–Crippen MR) is 106 cm³/mol. The molecule has 8 nitrogen and oxygen atoms in total. The van der Waals surface area contributed by atoms with E-state index in [9.17, 15) is 18.5 Å². The van der Waals surface area contributed by atoms with Crippen LogP contribution in [-0.2, 0) is 27.9 Å². The van der Waals surface area contributed by atoms with Crippen LogP contribution in [-0.4, -0.2) is 31.5 Å². The molecule has 0 aliphatic carbocycles. The predicted octanol–water partition coefficient (Wildman–Crippen LogP) is 3.44. The van der Waals surface area contributed by atoms with Gasteiger partial charge in [-0.1, -0.05) is 30.3 Å². The van der Waals surface area contributed by atoms with Gasteiger partial charge in [-0.3, -0.25) is 10.1 Å². The fourth-order valence-electron chi connectivity index (χ4n) is 3.34. The molecule has 3 aromatic carbocycles. The third-order valence-electron chi connectivity index (χ3n) is 4.80. The van der Waals surface area contributed by atoms with Crippen LogP contribution in [0.25, 0.3) is 10.8 Å². The largest absolute Gasteiger partial charge is 0.467 e. The molecule has 0 saturated carbocycles. The number of nitrogens with zero attached hydrogens (tertiary/aromatic N) is 2. The number of non-ortho nitro benzene ring substituents is 1. The molecule has 1 heterocycles. The van der Waals surface area contributed by atoms with Crippen molar-refractivity contribution in [2.75, 3.05) is 13.8 Å². The first-order chi connectivity index (χ1) is 13.9. The summed E-state index contributed by atoms with van der Waals surface area (Å²) in [6.45, 7) is 0.114. The average molecular weight is 414 g/mol. The molecule has 29 heavy (non-hydrogen) atoms. The van der Waals surface area contributed by atoms with E-state index in [0.717, 1.165) is 15.1 Å². The smallest absolute Gasteiger partial charge is 0.270 e. The lowest BCUT2D eigenvalue weighted by Gasteiger charge is -2.23. The molecule has 0 N–H and O–H groups in total. The molecule has 0 fully saturated rings. The average Bonchev–Trinajstić information content (AvgIpc) is 2.73. The van der Waals surface area contributed by atoms with E-state index in [-0.39, 0.29) is 30.5 Å². The molecule has 1 aliphatic rings. The Labute approximate surface area is 167 Å². The van der Waals surface area contributed by atoms with E-state index in [1.165, 1.54) is 19.2 Å². The van der Waals surface area contributed by atoms with Crippen molar-refractivity contribution < 1.29 is 22.8 Å². The van der Waals surface area contributed by atoms with Gasteiger partial charge >= 0.3 is 0 Å². The summed E-state index contributed by atoms with van der Waals surface area (Å²) in [5.74, 6) is 0.433. The summed E-state index contributed by atoms with van der Waals surface area (Å²) in [4.78, 5) is 10.9. The molecule has 0 spiro atoms. The monoisotopic (exact) mass is 414 g/mol. The van der Waals surface area contributed by atoms with Gasteiger partial charge in [-0.2, -0.15) is 4.31 Å². The summed E-state index contributed by atoms with van der Waals surface area (Å²) in [5.41, 5.74) is 0.811. The highest BCUT2D eigenvalue weighted by Crippen LogP contribution is 2.34. The molecule has 1 aliphatic heterocycles. The third kappa shape index (κ3) is 3.67. The van der Waals surface area contributed by atoms with Gasteiger partial charge in [-0.05, 0) is 22.9 Å². The fraction of sp³-hybridized carbons (Fsp3) is 0.200. The van der Waals surface area contributed by atoms with E-state index in [1.807, 2.05) is 24.3 Å². The molecule has 0 saturated heterocycles. The van der Waals surface area contributed by atoms with Crippen LogP contribution in [0.5, 0.6) is 5.75 Å². The summed E-state index contributed by atoms with van der Waals surface area (Å²) >= 11 is 0. The van der Waals surface area contributed by atoms with E-state index < -0.39 is 14.9 Å². The summed E-state index contributed by atoms with van der Waals surface area (Å²) in [6, 6.07) is 15.1. The number of ether oxygens (including phenoxy) is 2. The Kier molecular flexibility index (Phi) is 4.95. The Morgan fingerprint density at radius 2 is 1.86 bits per heavy atom. The lowest BCUT2D eigenvalue weighted by Crippen LogP contribution is -2.27. The SMILES string of the molecule is CN(Cc1cc([N+](=O)[O-])cc2c1OCOC2)S(=O)(=O)c1ccc2ccccc2c1. The summed E-state index contributed by atoms with van der Waals surface area (Å²) in [5, 5.41) is 13.0. The molecule has 0 bridgehead atoms. The Hall–Kier alpha value is -3.01. The van der Waals surface area contributed by atoms with Crippen molar-refractivity contribution in [2.45, 2.75) is 18.0 Å². The molecule has 0 radical (unpaired) electrons. The number of nitro groups is 1. The first-order valence-corrected chi connectivity index (χ1v) is 10.3. The molecule has 9 heteroatoms. The van der Waals surface area contributed by atoms with Gasteiger partial charge < -0.3 is 9.47 Å². The quantitative estimate of drug-likeness (QED) is 0.468. The van der Waals surface area contributed by atoms with Gasteiger partial charge in [0.1, 0.15) is 5.75 Å². The van der Waals surface area contributed by atoms with Crippen LogP contribution in [0.1, 0.15) is 11.1 Å². The maximum Gasteiger partial charge on any atom is 0.270 e. The van der Waals surface area contributed by atoms with Crippen molar-refractivity contribution in [2.24, 2.45) is 0 Å². The van der Waals surface area contributed by atoms with Crippen molar-refractivity contribution in [3.63, 3.8) is 0 Å². The highest BCUT2D eigenvalue weighted by Gasteiger charge is 2.26. The van der Waals surface area contributed by atoms with E-state index in [2.05, 4.69) is 0 Å². The molecule has 0 atom stereocenters. The standard InChI is InChI=1S/C20H18N2O6S/c1-21(29(25,26)19-7-6-14-4-2-3-5-15(14)10-19)11-16-8-18(22(23)24)9-17-12-27-13-28-20(16)17/h2-10H,11-13H2,1H3. The minimum absolute atomic E-state index is 0.0128. The molecular weight excluding hydrogens is 396 g/mol. The fourth-order valence-corrected chi connectivity index (χ4v) is 4.52. The Morgan fingerprint density at radius 1 is 1.10 bits per heavy atom. The minimum atomic E-state index is -3.81. The second kappa shape index (κ2) is 7.43. The van der Waals surface area contributed by atoms with E-state index in [4.69, 9.17) is 9.47 Å². The lowest BCUT2D eigenvalue weighted by atomic mass is 10.1. The van der Waals surface area contributed by atoms with Gasteiger partial charge in [0.15, 0.2) is 6.79 Å². The highest BCUT2D eigenvalue weighted by atomic mass is 32.2. The summed E-state index contributed by atoms with van der Waals surface area (Å²) in [7, 11) is -2.37. The van der Waals surface area contributed by atoms with Gasteiger partial charge in [0, 0.05) is 36.9 Å². The maximum absolute atomic E-state index is 13.1. The second-order valence-corrected chi connectivity index (χ2v) is 8.78. The van der Waals surface area contributed by atoms with Crippen LogP contribution < -0.4 is 4.74 Å². The van der Waals surface area contributed by atoms with E-state index in [0.29, 0.717) is 16.9 Å². The number of fused-ring (bicyclic) bond motifs is 2. The zero-order valence-corrected chi connectivity index (χ0v) is 16.4.